The molecule has 0 saturated carbocycles. The minimum Gasteiger partial charge on any atom is -0.479 e. The van der Waals surface area contributed by atoms with Crippen molar-refractivity contribution in [2.75, 3.05) is 25.1 Å². The van der Waals surface area contributed by atoms with Crippen molar-refractivity contribution in [3.05, 3.63) is 34.7 Å². The minimum atomic E-state index is -0.989. The Morgan fingerprint density at radius 1 is 1.31 bits per heavy atom. The largest absolute Gasteiger partial charge is 0.479 e. The van der Waals surface area contributed by atoms with Crippen molar-refractivity contribution in [1.82, 2.24) is 10.3 Å². The van der Waals surface area contributed by atoms with Gasteiger partial charge in [-0.05, 0) is 25.5 Å². The van der Waals surface area contributed by atoms with Crippen molar-refractivity contribution in [3.8, 4) is 11.3 Å². The molecule has 2 aromatic rings. The van der Waals surface area contributed by atoms with Crippen LogP contribution in [0.25, 0.3) is 11.3 Å². The Labute approximate surface area is 175 Å². The second kappa shape index (κ2) is 11.5. The van der Waals surface area contributed by atoms with Crippen LogP contribution in [0, 0.1) is 0 Å². The number of hydrogen-bond acceptors (Lipinski definition) is 5. The first kappa shape index (κ1) is 22.8. The van der Waals surface area contributed by atoms with E-state index < -0.39 is 12.1 Å². The first-order chi connectivity index (χ1) is 14.0. The summed E-state index contributed by atoms with van der Waals surface area (Å²) >= 11 is 1.40. The number of rotatable bonds is 11. The predicted octanol–water partition coefficient (Wildman–Crippen LogP) is 4.18. The summed E-state index contributed by atoms with van der Waals surface area (Å²) in [6, 6.07) is 7.44. The molecule has 1 heterocycles. The van der Waals surface area contributed by atoms with E-state index in [1.807, 2.05) is 29.6 Å². The smallest absolute Gasteiger partial charge is 0.333 e. The zero-order valence-corrected chi connectivity index (χ0v) is 18.0. The van der Waals surface area contributed by atoms with Crippen LogP contribution in [-0.2, 0) is 16.0 Å². The van der Waals surface area contributed by atoms with Gasteiger partial charge in [0.05, 0.1) is 10.7 Å². The number of thiazole rings is 1. The molecule has 0 aliphatic heterocycles. The van der Waals surface area contributed by atoms with Crippen LogP contribution in [0.4, 0.5) is 10.5 Å². The number of carbonyl (C=O) groups excluding carboxylic acids is 1. The second-order valence-corrected chi connectivity index (χ2v) is 7.60. The highest BCUT2D eigenvalue weighted by molar-refractivity contribution is 7.10. The fraction of sp³-hybridized carbons (Fsp3) is 0.476. The highest BCUT2D eigenvalue weighted by Crippen LogP contribution is 2.26. The van der Waals surface area contributed by atoms with Crippen molar-refractivity contribution in [2.24, 2.45) is 0 Å². The Morgan fingerprint density at radius 2 is 2.10 bits per heavy atom. The summed E-state index contributed by atoms with van der Waals surface area (Å²) in [6.45, 7) is 4.90. The average Bonchev–Trinajstić information content (AvgIpc) is 3.19. The van der Waals surface area contributed by atoms with E-state index in [0.717, 1.165) is 36.2 Å². The van der Waals surface area contributed by atoms with Gasteiger partial charge in [0, 0.05) is 43.3 Å². The van der Waals surface area contributed by atoms with Gasteiger partial charge in [0.15, 0.2) is 6.10 Å². The number of nitrogens with one attached hydrogen (secondary N) is 1. The van der Waals surface area contributed by atoms with E-state index >= 15 is 0 Å². The number of hydrogen-bond donors (Lipinski definition) is 2. The number of carboxylic acids is 1. The molecule has 2 amide bonds. The monoisotopic (exact) mass is 419 g/mol. The van der Waals surface area contributed by atoms with Gasteiger partial charge in [-0.15, -0.1) is 11.3 Å². The van der Waals surface area contributed by atoms with E-state index in [-0.39, 0.29) is 12.5 Å². The molecule has 1 aromatic heterocycles. The molecule has 0 spiro atoms. The fourth-order valence-corrected chi connectivity index (χ4v) is 3.63. The fourth-order valence-electron chi connectivity index (χ4n) is 2.79. The zero-order valence-electron chi connectivity index (χ0n) is 17.2. The number of nitrogens with zero attached hydrogens (tertiary/aromatic N) is 2. The normalized spacial score (nSPS) is 11.8. The van der Waals surface area contributed by atoms with E-state index in [1.54, 1.807) is 18.9 Å². The van der Waals surface area contributed by atoms with E-state index in [9.17, 15) is 14.7 Å². The summed E-state index contributed by atoms with van der Waals surface area (Å²) in [4.78, 5) is 29.7. The van der Waals surface area contributed by atoms with Gasteiger partial charge in [0.2, 0.25) is 0 Å². The maximum absolute atomic E-state index is 12.3. The van der Waals surface area contributed by atoms with Gasteiger partial charge in [0.1, 0.15) is 0 Å². The molecule has 158 valence electrons. The standard InChI is InChI=1S/C21H29N3O4S/c1-4-6-7-11-22-21(27)24(3)16-10-8-9-15(12-16)17-14-29-19(23-17)13-18(20(25)26)28-5-2/h8-10,12,14,18H,4-7,11,13H2,1-3H3,(H,22,27)(H,25,26)/t18-/m0/s1. The van der Waals surface area contributed by atoms with Crippen molar-refractivity contribution in [1.29, 1.82) is 0 Å². The van der Waals surface area contributed by atoms with Gasteiger partial charge in [-0.1, -0.05) is 31.9 Å². The SMILES string of the molecule is CCCCCNC(=O)N(C)c1cccc(-c2csc(C[C@H](OCC)C(=O)O)n2)c1. The van der Waals surface area contributed by atoms with Gasteiger partial charge >= 0.3 is 12.0 Å². The zero-order chi connectivity index (χ0) is 21.2. The van der Waals surface area contributed by atoms with Crippen LogP contribution in [0.2, 0.25) is 0 Å². The van der Waals surface area contributed by atoms with Gasteiger partial charge in [-0.2, -0.15) is 0 Å². The topological polar surface area (TPSA) is 91.8 Å². The number of benzene rings is 1. The number of carboxylic acid groups (broad SMARTS) is 1. The van der Waals surface area contributed by atoms with Crippen LogP contribution in [0.15, 0.2) is 29.6 Å². The molecule has 7 nitrogen and oxygen atoms in total. The van der Waals surface area contributed by atoms with E-state index in [1.165, 1.54) is 11.3 Å². The molecule has 0 fully saturated rings. The minimum absolute atomic E-state index is 0.141. The summed E-state index contributed by atoms with van der Waals surface area (Å²) < 4.78 is 5.26. The molecule has 0 aliphatic rings. The van der Waals surface area contributed by atoms with Crippen molar-refractivity contribution >= 4 is 29.0 Å². The van der Waals surface area contributed by atoms with Gasteiger partial charge in [-0.25, -0.2) is 14.6 Å². The first-order valence-electron chi connectivity index (χ1n) is 9.87. The third-order valence-electron chi connectivity index (χ3n) is 4.45. The summed E-state index contributed by atoms with van der Waals surface area (Å²) in [6.07, 6.45) is 2.51. The Hall–Kier alpha value is -2.45. The number of anilines is 1. The van der Waals surface area contributed by atoms with Gasteiger partial charge < -0.3 is 15.2 Å². The molecular formula is C21H29N3O4S. The number of aliphatic carboxylic acids is 1. The van der Waals surface area contributed by atoms with Crippen molar-refractivity contribution in [3.63, 3.8) is 0 Å². The maximum atomic E-state index is 12.3. The Kier molecular flexibility index (Phi) is 9.08. The number of ether oxygens (including phenoxy) is 1. The highest BCUT2D eigenvalue weighted by atomic mass is 32.1. The molecule has 0 unspecified atom stereocenters. The molecule has 0 saturated heterocycles. The number of aromatic nitrogens is 1. The molecule has 0 aliphatic carbocycles. The molecule has 1 atom stereocenters. The van der Waals surface area contributed by atoms with Crippen LogP contribution >= 0.6 is 11.3 Å². The average molecular weight is 420 g/mol. The summed E-state index contributed by atoms with van der Waals surface area (Å²) in [5.74, 6) is -0.989. The van der Waals surface area contributed by atoms with E-state index in [0.29, 0.717) is 18.2 Å². The Bertz CT molecular complexity index is 809. The van der Waals surface area contributed by atoms with Crippen LogP contribution in [0.5, 0.6) is 0 Å². The molecule has 29 heavy (non-hydrogen) atoms. The summed E-state index contributed by atoms with van der Waals surface area (Å²) in [5, 5.41) is 14.8. The molecule has 0 bridgehead atoms. The quantitative estimate of drug-likeness (QED) is 0.533. The lowest BCUT2D eigenvalue weighted by Crippen LogP contribution is -2.37. The van der Waals surface area contributed by atoms with E-state index in [4.69, 9.17) is 4.74 Å². The Morgan fingerprint density at radius 3 is 2.79 bits per heavy atom. The maximum Gasteiger partial charge on any atom is 0.333 e. The summed E-state index contributed by atoms with van der Waals surface area (Å²) in [7, 11) is 1.74. The number of amides is 2. The summed E-state index contributed by atoms with van der Waals surface area (Å²) in [5.41, 5.74) is 2.39. The molecular weight excluding hydrogens is 390 g/mol. The van der Waals surface area contributed by atoms with Crippen molar-refractivity contribution < 1.29 is 19.4 Å². The second-order valence-electron chi connectivity index (χ2n) is 6.66. The number of urea groups is 1. The van der Waals surface area contributed by atoms with Crippen LogP contribution in [0.1, 0.15) is 38.1 Å². The highest BCUT2D eigenvalue weighted by Gasteiger charge is 2.20. The molecule has 0 radical (unpaired) electrons. The predicted molar refractivity (Wildman–Crippen MR) is 116 cm³/mol. The Balaban J connectivity index is 2.06. The third-order valence-corrected chi connectivity index (χ3v) is 5.32. The van der Waals surface area contributed by atoms with E-state index in [2.05, 4.69) is 17.2 Å². The molecule has 1 aromatic carbocycles. The van der Waals surface area contributed by atoms with Crippen LogP contribution in [-0.4, -0.2) is 48.4 Å². The van der Waals surface area contributed by atoms with Gasteiger partial charge in [-0.3, -0.25) is 4.90 Å². The van der Waals surface area contributed by atoms with Crippen LogP contribution in [0.3, 0.4) is 0 Å². The number of carbonyl (C=O) groups is 2. The molecule has 2 rings (SSSR count). The van der Waals surface area contributed by atoms with Gasteiger partial charge in [0.25, 0.3) is 0 Å². The van der Waals surface area contributed by atoms with Crippen molar-refractivity contribution in [2.45, 2.75) is 45.6 Å². The lowest BCUT2D eigenvalue weighted by Gasteiger charge is -2.18. The number of unbranched alkanes of at least 4 members (excludes halogenated alkanes) is 2. The van der Waals surface area contributed by atoms with Crippen LogP contribution < -0.4 is 10.2 Å². The lowest BCUT2D eigenvalue weighted by molar-refractivity contribution is -0.149. The lowest BCUT2D eigenvalue weighted by atomic mass is 10.1. The molecule has 8 heteroatoms. The molecule has 2 N–H and O–H groups in total. The third kappa shape index (κ3) is 6.83. The first-order valence-corrected chi connectivity index (χ1v) is 10.7.